The van der Waals surface area contributed by atoms with Crippen molar-refractivity contribution in [3.8, 4) is 0 Å². The molecule has 146 valence electrons. The van der Waals surface area contributed by atoms with Crippen LogP contribution in [0.3, 0.4) is 0 Å². The lowest BCUT2D eigenvalue weighted by molar-refractivity contribution is 0.0697. The Morgan fingerprint density at radius 2 is 2.04 bits per heavy atom. The monoisotopic (exact) mass is 443 g/mol. The van der Waals surface area contributed by atoms with Crippen LogP contribution in [0, 0.1) is 6.92 Å². The van der Waals surface area contributed by atoms with Gasteiger partial charge in [-0.15, -0.1) is 0 Å². The third kappa shape index (κ3) is 3.66. The number of ether oxygens (including phenoxy) is 1. The Hall–Kier alpha value is -2.32. The largest absolute Gasteiger partial charge is 0.381 e. The van der Waals surface area contributed by atoms with Crippen molar-refractivity contribution >= 4 is 38.6 Å². The molecule has 0 spiro atoms. The lowest BCUT2D eigenvalue weighted by Crippen LogP contribution is -2.30. The second-order valence-electron chi connectivity index (χ2n) is 6.95. The molecule has 3 aromatic rings. The molecule has 8 heteroatoms. The number of fused-ring (bicyclic) bond motifs is 1. The van der Waals surface area contributed by atoms with Crippen LogP contribution in [0.4, 0.5) is 11.6 Å². The number of rotatable bonds is 4. The number of nitrogens with zero attached hydrogens (tertiary/aromatic N) is 4. The van der Waals surface area contributed by atoms with E-state index in [4.69, 9.17) is 9.72 Å². The molecule has 0 saturated carbocycles. The summed E-state index contributed by atoms with van der Waals surface area (Å²) in [4.78, 5) is 26.4. The standard InChI is InChI=1S/C20H22BrN5O2/c1-3-13-9-18(27)26(14-4-6-28-7-5-14)19-15(13)10-23-20(25-19)24-16-11-22-17(21)8-12(16)2/h8-11,14H,3-7H2,1-2H3,(H,23,24,25). The van der Waals surface area contributed by atoms with E-state index in [2.05, 4.69) is 31.2 Å². The summed E-state index contributed by atoms with van der Waals surface area (Å²) in [6.45, 7) is 5.35. The molecule has 0 amide bonds. The summed E-state index contributed by atoms with van der Waals surface area (Å²) in [5, 5.41) is 4.15. The van der Waals surface area contributed by atoms with Crippen molar-refractivity contribution in [2.45, 2.75) is 39.2 Å². The molecule has 4 heterocycles. The maximum Gasteiger partial charge on any atom is 0.252 e. The smallest absolute Gasteiger partial charge is 0.252 e. The molecule has 0 radical (unpaired) electrons. The van der Waals surface area contributed by atoms with Gasteiger partial charge < -0.3 is 10.1 Å². The second kappa shape index (κ2) is 7.97. The van der Waals surface area contributed by atoms with Crippen LogP contribution < -0.4 is 10.9 Å². The van der Waals surface area contributed by atoms with Gasteiger partial charge >= 0.3 is 0 Å². The number of halogens is 1. The Kier molecular flexibility index (Phi) is 5.41. The highest BCUT2D eigenvalue weighted by Crippen LogP contribution is 2.26. The van der Waals surface area contributed by atoms with E-state index in [0.29, 0.717) is 24.8 Å². The Labute approximate surface area is 171 Å². The van der Waals surface area contributed by atoms with Gasteiger partial charge in [-0.3, -0.25) is 9.36 Å². The zero-order valence-electron chi connectivity index (χ0n) is 15.9. The van der Waals surface area contributed by atoms with Crippen LogP contribution >= 0.6 is 15.9 Å². The van der Waals surface area contributed by atoms with Gasteiger partial charge in [-0.25, -0.2) is 9.97 Å². The van der Waals surface area contributed by atoms with Crippen LogP contribution in [0.5, 0.6) is 0 Å². The van der Waals surface area contributed by atoms with Crippen LogP contribution in [0.2, 0.25) is 0 Å². The summed E-state index contributed by atoms with van der Waals surface area (Å²) in [7, 11) is 0. The molecule has 0 unspecified atom stereocenters. The van der Waals surface area contributed by atoms with E-state index in [0.717, 1.165) is 46.1 Å². The van der Waals surface area contributed by atoms with Crippen molar-refractivity contribution in [1.82, 2.24) is 19.5 Å². The molecule has 1 aliphatic rings. The van der Waals surface area contributed by atoms with E-state index in [1.807, 2.05) is 24.5 Å². The summed E-state index contributed by atoms with van der Waals surface area (Å²) >= 11 is 3.37. The van der Waals surface area contributed by atoms with E-state index < -0.39 is 0 Å². The first-order chi connectivity index (χ1) is 13.6. The normalized spacial score (nSPS) is 15.1. The van der Waals surface area contributed by atoms with E-state index in [1.54, 1.807) is 18.5 Å². The summed E-state index contributed by atoms with van der Waals surface area (Å²) in [5.74, 6) is 0.452. The Morgan fingerprint density at radius 3 is 2.75 bits per heavy atom. The van der Waals surface area contributed by atoms with Crippen molar-refractivity contribution in [2.24, 2.45) is 0 Å². The van der Waals surface area contributed by atoms with Gasteiger partial charge in [0.15, 0.2) is 0 Å². The number of aromatic nitrogens is 4. The van der Waals surface area contributed by atoms with Gasteiger partial charge in [-0.2, -0.15) is 4.98 Å². The Balaban J connectivity index is 1.83. The molecule has 7 nitrogen and oxygen atoms in total. The minimum atomic E-state index is -0.0117. The number of pyridine rings is 2. The van der Waals surface area contributed by atoms with Crippen LogP contribution in [-0.4, -0.2) is 32.7 Å². The van der Waals surface area contributed by atoms with Crippen molar-refractivity contribution < 1.29 is 4.74 Å². The van der Waals surface area contributed by atoms with E-state index in [9.17, 15) is 4.79 Å². The molecule has 1 aliphatic heterocycles. The average Bonchev–Trinajstić information content (AvgIpc) is 2.70. The minimum Gasteiger partial charge on any atom is -0.381 e. The molecular formula is C20H22BrN5O2. The second-order valence-corrected chi connectivity index (χ2v) is 7.77. The van der Waals surface area contributed by atoms with Crippen molar-refractivity contribution in [1.29, 1.82) is 0 Å². The summed E-state index contributed by atoms with van der Waals surface area (Å²) < 4.78 is 8.06. The van der Waals surface area contributed by atoms with Gasteiger partial charge in [0, 0.05) is 36.9 Å². The highest BCUT2D eigenvalue weighted by molar-refractivity contribution is 9.10. The first-order valence-electron chi connectivity index (χ1n) is 9.45. The van der Waals surface area contributed by atoms with Crippen molar-refractivity contribution in [3.05, 3.63) is 50.6 Å². The third-order valence-electron chi connectivity index (χ3n) is 5.14. The topological polar surface area (TPSA) is 81.9 Å². The minimum absolute atomic E-state index is 0.0117. The predicted molar refractivity (Wildman–Crippen MR) is 112 cm³/mol. The SMILES string of the molecule is CCc1cc(=O)n(C2CCOCC2)c2nc(Nc3cnc(Br)cc3C)ncc12. The summed E-state index contributed by atoms with van der Waals surface area (Å²) in [6.07, 6.45) is 5.92. The van der Waals surface area contributed by atoms with E-state index in [1.165, 1.54) is 0 Å². The van der Waals surface area contributed by atoms with Gasteiger partial charge in [0.2, 0.25) is 5.95 Å². The van der Waals surface area contributed by atoms with Crippen LogP contribution in [-0.2, 0) is 11.2 Å². The van der Waals surface area contributed by atoms with Crippen molar-refractivity contribution in [3.63, 3.8) is 0 Å². The van der Waals surface area contributed by atoms with Gasteiger partial charge in [0.25, 0.3) is 5.56 Å². The molecular weight excluding hydrogens is 422 g/mol. The average molecular weight is 444 g/mol. The molecule has 1 N–H and O–H groups in total. The van der Waals surface area contributed by atoms with Crippen molar-refractivity contribution in [2.75, 3.05) is 18.5 Å². The van der Waals surface area contributed by atoms with Gasteiger partial charge in [-0.05, 0) is 59.3 Å². The molecule has 0 aromatic carbocycles. The number of aryl methyl sites for hydroxylation is 2. The molecule has 3 aromatic heterocycles. The van der Waals surface area contributed by atoms with Crippen LogP contribution in [0.15, 0.2) is 33.9 Å². The first kappa shape index (κ1) is 19.0. The zero-order valence-corrected chi connectivity index (χ0v) is 17.5. The van der Waals surface area contributed by atoms with Gasteiger partial charge in [0.1, 0.15) is 10.3 Å². The van der Waals surface area contributed by atoms with Gasteiger partial charge in [0.05, 0.1) is 11.9 Å². The van der Waals surface area contributed by atoms with E-state index in [-0.39, 0.29) is 11.6 Å². The molecule has 0 atom stereocenters. The van der Waals surface area contributed by atoms with Gasteiger partial charge in [-0.1, -0.05) is 6.92 Å². The molecule has 0 aliphatic carbocycles. The lowest BCUT2D eigenvalue weighted by Gasteiger charge is -2.25. The fraction of sp³-hybridized carbons (Fsp3) is 0.400. The zero-order chi connectivity index (χ0) is 19.7. The molecule has 1 saturated heterocycles. The maximum absolute atomic E-state index is 12.9. The Morgan fingerprint density at radius 1 is 1.25 bits per heavy atom. The van der Waals surface area contributed by atoms with Crippen LogP contribution in [0.25, 0.3) is 11.0 Å². The number of nitrogens with one attached hydrogen (secondary N) is 1. The highest BCUT2D eigenvalue weighted by atomic mass is 79.9. The van der Waals surface area contributed by atoms with E-state index >= 15 is 0 Å². The molecule has 4 rings (SSSR count). The lowest BCUT2D eigenvalue weighted by atomic mass is 10.1. The Bertz CT molecular complexity index is 1080. The fourth-order valence-corrected chi connectivity index (χ4v) is 4.05. The number of hydrogen-bond acceptors (Lipinski definition) is 6. The predicted octanol–water partition coefficient (Wildman–Crippen LogP) is 3.91. The molecule has 0 bridgehead atoms. The van der Waals surface area contributed by atoms with Crippen LogP contribution in [0.1, 0.15) is 36.9 Å². The quantitative estimate of drug-likeness (QED) is 0.615. The first-order valence-corrected chi connectivity index (χ1v) is 10.2. The third-order valence-corrected chi connectivity index (χ3v) is 5.57. The maximum atomic E-state index is 12.9. The number of hydrogen-bond donors (Lipinski definition) is 1. The molecule has 28 heavy (non-hydrogen) atoms. The summed E-state index contributed by atoms with van der Waals surface area (Å²) in [5.41, 5.74) is 3.49. The summed E-state index contributed by atoms with van der Waals surface area (Å²) in [6, 6.07) is 3.74. The fourth-order valence-electron chi connectivity index (χ4n) is 3.61. The highest BCUT2D eigenvalue weighted by Gasteiger charge is 2.21. The number of anilines is 2. The molecule has 1 fully saturated rings.